The van der Waals surface area contributed by atoms with E-state index in [1.807, 2.05) is 0 Å². The van der Waals surface area contributed by atoms with Gasteiger partial charge in [-0.1, -0.05) is 27.7 Å². The van der Waals surface area contributed by atoms with Crippen LogP contribution in [-0.2, 0) is 19.4 Å². The molecule has 0 bridgehead atoms. The quantitative estimate of drug-likeness (QED) is 0.603. The molecule has 0 spiro atoms. The first kappa shape index (κ1) is 15.2. The minimum absolute atomic E-state index is 0.279. The predicted octanol–water partition coefficient (Wildman–Crippen LogP) is 2.28. The number of aromatic nitrogens is 2. The molecule has 104 valence electrons. The fourth-order valence-electron chi connectivity index (χ4n) is 2.31. The predicted molar refractivity (Wildman–Crippen MR) is 76.2 cm³/mol. The van der Waals surface area contributed by atoms with Crippen LogP contribution < -0.4 is 11.3 Å². The third-order valence-corrected chi connectivity index (χ3v) is 3.13. The van der Waals surface area contributed by atoms with Crippen LogP contribution in [0, 0.1) is 5.41 Å². The van der Waals surface area contributed by atoms with Gasteiger partial charge in [0.05, 0.1) is 5.69 Å². The summed E-state index contributed by atoms with van der Waals surface area (Å²) in [4.78, 5) is 0. The molecule has 0 fully saturated rings. The Morgan fingerprint density at radius 1 is 1.39 bits per heavy atom. The fourth-order valence-corrected chi connectivity index (χ4v) is 2.31. The van der Waals surface area contributed by atoms with E-state index in [0.29, 0.717) is 6.04 Å². The SMILES string of the molecule is CCc1cc(CC(CC(C)(C)C)NN)n(CC)n1. The van der Waals surface area contributed by atoms with E-state index in [-0.39, 0.29) is 5.41 Å². The maximum atomic E-state index is 5.68. The molecular formula is C14H28N4. The van der Waals surface area contributed by atoms with E-state index >= 15 is 0 Å². The first-order chi connectivity index (χ1) is 8.39. The lowest BCUT2D eigenvalue weighted by molar-refractivity contribution is 0.305. The van der Waals surface area contributed by atoms with Crippen LogP contribution in [-0.4, -0.2) is 15.8 Å². The summed E-state index contributed by atoms with van der Waals surface area (Å²) < 4.78 is 2.09. The Morgan fingerprint density at radius 3 is 2.50 bits per heavy atom. The van der Waals surface area contributed by atoms with Crippen molar-refractivity contribution < 1.29 is 0 Å². The Balaban J connectivity index is 2.77. The van der Waals surface area contributed by atoms with E-state index < -0.39 is 0 Å². The van der Waals surface area contributed by atoms with Crippen LogP contribution >= 0.6 is 0 Å². The Kier molecular flexibility index (Phi) is 5.35. The van der Waals surface area contributed by atoms with Gasteiger partial charge in [0.15, 0.2) is 0 Å². The van der Waals surface area contributed by atoms with Crippen LogP contribution in [0.15, 0.2) is 6.07 Å². The minimum Gasteiger partial charge on any atom is -0.271 e. The Morgan fingerprint density at radius 2 is 2.06 bits per heavy atom. The van der Waals surface area contributed by atoms with E-state index in [0.717, 1.165) is 25.8 Å². The maximum Gasteiger partial charge on any atom is 0.0624 e. The van der Waals surface area contributed by atoms with Gasteiger partial charge in [-0.05, 0) is 31.2 Å². The topological polar surface area (TPSA) is 55.9 Å². The highest BCUT2D eigenvalue weighted by Gasteiger charge is 2.19. The molecule has 18 heavy (non-hydrogen) atoms. The lowest BCUT2D eigenvalue weighted by atomic mass is 9.87. The molecule has 1 atom stereocenters. The molecule has 0 aliphatic heterocycles. The van der Waals surface area contributed by atoms with Crippen LogP contribution in [0.2, 0.25) is 0 Å². The fraction of sp³-hybridized carbons (Fsp3) is 0.786. The number of aryl methyl sites for hydroxylation is 2. The number of rotatable bonds is 6. The van der Waals surface area contributed by atoms with Crippen LogP contribution in [0.1, 0.15) is 52.4 Å². The lowest BCUT2D eigenvalue weighted by Gasteiger charge is -2.25. The summed E-state index contributed by atoms with van der Waals surface area (Å²) in [5.41, 5.74) is 5.67. The van der Waals surface area contributed by atoms with Gasteiger partial charge in [-0.3, -0.25) is 16.0 Å². The van der Waals surface area contributed by atoms with Gasteiger partial charge in [-0.15, -0.1) is 0 Å². The maximum absolute atomic E-state index is 5.68. The molecule has 1 aromatic rings. The van der Waals surface area contributed by atoms with E-state index in [9.17, 15) is 0 Å². The second-order valence-electron chi connectivity index (χ2n) is 6.13. The minimum atomic E-state index is 0.279. The number of hydrogen-bond acceptors (Lipinski definition) is 3. The first-order valence-electron chi connectivity index (χ1n) is 6.91. The summed E-state index contributed by atoms with van der Waals surface area (Å²) in [6.07, 6.45) is 2.98. The molecule has 0 saturated carbocycles. The Bertz CT molecular complexity index is 362. The molecule has 4 nitrogen and oxygen atoms in total. The van der Waals surface area contributed by atoms with Crippen molar-refractivity contribution in [2.45, 2.75) is 66.5 Å². The van der Waals surface area contributed by atoms with Gasteiger partial charge in [0.25, 0.3) is 0 Å². The molecule has 0 aliphatic carbocycles. The van der Waals surface area contributed by atoms with Crippen molar-refractivity contribution in [3.8, 4) is 0 Å². The van der Waals surface area contributed by atoms with Gasteiger partial charge in [0, 0.05) is 24.7 Å². The zero-order chi connectivity index (χ0) is 13.8. The molecule has 0 saturated heterocycles. The summed E-state index contributed by atoms with van der Waals surface area (Å²) in [7, 11) is 0. The summed E-state index contributed by atoms with van der Waals surface area (Å²) >= 11 is 0. The van der Waals surface area contributed by atoms with Gasteiger partial charge in [-0.2, -0.15) is 5.10 Å². The second-order valence-corrected chi connectivity index (χ2v) is 6.13. The molecule has 1 unspecified atom stereocenters. The average Bonchev–Trinajstić information content (AvgIpc) is 2.68. The van der Waals surface area contributed by atoms with Crippen molar-refractivity contribution >= 4 is 0 Å². The van der Waals surface area contributed by atoms with Crippen LogP contribution in [0.3, 0.4) is 0 Å². The van der Waals surface area contributed by atoms with Crippen molar-refractivity contribution in [2.75, 3.05) is 0 Å². The number of nitrogens with one attached hydrogen (secondary N) is 1. The monoisotopic (exact) mass is 252 g/mol. The van der Waals surface area contributed by atoms with Crippen LogP contribution in [0.4, 0.5) is 0 Å². The molecule has 3 N–H and O–H groups in total. The molecule has 0 radical (unpaired) electrons. The van der Waals surface area contributed by atoms with Gasteiger partial charge in [0.2, 0.25) is 0 Å². The number of nitrogens with zero attached hydrogens (tertiary/aromatic N) is 2. The van der Waals surface area contributed by atoms with Crippen LogP contribution in [0.25, 0.3) is 0 Å². The highest BCUT2D eigenvalue weighted by Crippen LogP contribution is 2.22. The molecule has 1 rings (SSSR count). The molecule has 0 aliphatic rings. The highest BCUT2D eigenvalue weighted by molar-refractivity contribution is 5.12. The molecule has 4 heteroatoms. The Hall–Kier alpha value is -0.870. The van der Waals surface area contributed by atoms with E-state index in [4.69, 9.17) is 5.84 Å². The van der Waals surface area contributed by atoms with Crippen LogP contribution in [0.5, 0.6) is 0 Å². The summed E-state index contributed by atoms with van der Waals surface area (Å²) in [5, 5.41) is 4.58. The summed E-state index contributed by atoms with van der Waals surface area (Å²) in [6.45, 7) is 11.9. The van der Waals surface area contributed by atoms with Gasteiger partial charge in [-0.25, -0.2) is 0 Å². The van der Waals surface area contributed by atoms with E-state index in [1.54, 1.807) is 0 Å². The van der Waals surface area contributed by atoms with Gasteiger partial charge in [0.1, 0.15) is 0 Å². The lowest BCUT2D eigenvalue weighted by Crippen LogP contribution is -2.39. The Labute approximate surface area is 111 Å². The third kappa shape index (κ3) is 4.42. The van der Waals surface area contributed by atoms with E-state index in [1.165, 1.54) is 11.4 Å². The number of nitrogens with two attached hydrogens (primary N) is 1. The zero-order valence-electron chi connectivity index (χ0n) is 12.5. The molecule has 1 heterocycles. The largest absolute Gasteiger partial charge is 0.271 e. The standard InChI is InChI=1S/C14H28N4/c1-6-11-8-13(18(7-2)17-11)9-12(16-15)10-14(3,4)5/h8,12,16H,6-7,9-10,15H2,1-5H3. The molecule has 0 amide bonds. The van der Waals surface area contributed by atoms with E-state index in [2.05, 4.69) is 55.9 Å². The normalized spacial score (nSPS) is 13.9. The molecule has 1 aromatic heterocycles. The first-order valence-corrected chi connectivity index (χ1v) is 6.91. The zero-order valence-corrected chi connectivity index (χ0v) is 12.5. The summed E-state index contributed by atoms with van der Waals surface area (Å²) in [6, 6.07) is 2.51. The molecule has 0 aromatic carbocycles. The van der Waals surface area contributed by atoms with Crippen molar-refractivity contribution in [1.82, 2.24) is 15.2 Å². The number of hydrazine groups is 1. The van der Waals surface area contributed by atoms with Crippen molar-refractivity contribution in [3.63, 3.8) is 0 Å². The highest BCUT2D eigenvalue weighted by atomic mass is 15.3. The smallest absolute Gasteiger partial charge is 0.0624 e. The van der Waals surface area contributed by atoms with Gasteiger partial charge < -0.3 is 0 Å². The third-order valence-electron chi connectivity index (χ3n) is 3.13. The van der Waals surface area contributed by atoms with Crippen molar-refractivity contribution in [2.24, 2.45) is 11.3 Å². The molecular weight excluding hydrogens is 224 g/mol. The second kappa shape index (κ2) is 6.34. The average molecular weight is 252 g/mol. The summed E-state index contributed by atoms with van der Waals surface area (Å²) in [5.74, 6) is 5.68. The van der Waals surface area contributed by atoms with Crippen molar-refractivity contribution in [1.29, 1.82) is 0 Å². The van der Waals surface area contributed by atoms with Crippen molar-refractivity contribution in [3.05, 3.63) is 17.5 Å². The van der Waals surface area contributed by atoms with Gasteiger partial charge >= 0.3 is 0 Å². The number of hydrogen-bond donors (Lipinski definition) is 2.